The predicted octanol–water partition coefficient (Wildman–Crippen LogP) is 2.69. The van der Waals surface area contributed by atoms with Gasteiger partial charge in [0.05, 0.1) is 0 Å². The molecule has 1 N–H and O–H groups in total. The molecule has 1 aliphatic heterocycles. The van der Waals surface area contributed by atoms with E-state index in [1.165, 1.54) is 24.6 Å². The van der Waals surface area contributed by atoms with Gasteiger partial charge in [-0.2, -0.15) is 0 Å². The molecule has 1 aromatic rings. The van der Waals surface area contributed by atoms with E-state index in [2.05, 4.69) is 17.0 Å². The summed E-state index contributed by atoms with van der Waals surface area (Å²) in [6, 6.07) is 6.19. The largest absolute Gasteiger partial charge is 0.478 e. The number of aryl methyl sites for hydroxylation is 1. The average Bonchev–Trinajstić information content (AvgIpc) is 2.80. The van der Waals surface area contributed by atoms with E-state index in [9.17, 15) is 4.79 Å². The van der Waals surface area contributed by atoms with E-state index in [1.54, 1.807) is 6.08 Å². The highest BCUT2D eigenvalue weighted by Crippen LogP contribution is 2.23. The van der Waals surface area contributed by atoms with Crippen LogP contribution in [-0.4, -0.2) is 24.2 Å². The van der Waals surface area contributed by atoms with Crippen LogP contribution in [0, 0.1) is 6.92 Å². The molecule has 17 heavy (non-hydrogen) atoms. The van der Waals surface area contributed by atoms with Crippen molar-refractivity contribution in [3.63, 3.8) is 0 Å². The molecule has 0 spiro atoms. The van der Waals surface area contributed by atoms with E-state index < -0.39 is 5.97 Å². The first-order chi connectivity index (χ1) is 8.16. The molecule has 1 saturated heterocycles. The molecule has 3 heteroatoms. The van der Waals surface area contributed by atoms with Crippen LogP contribution >= 0.6 is 0 Å². The molecule has 1 fully saturated rings. The van der Waals surface area contributed by atoms with Crippen LogP contribution in [0.4, 0.5) is 5.69 Å². The lowest BCUT2D eigenvalue weighted by molar-refractivity contribution is -0.131. The summed E-state index contributed by atoms with van der Waals surface area (Å²) < 4.78 is 0. The fourth-order valence-electron chi connectivity index (χ4n) is 2.18. The quantitative estimate of drug-likeness (QED) is 0.813. The van der Waals surface area contributed by atoms with Crippen molar-refractivity contribution in [2.45, 2.75) is 19.8 Å². The number of hydrogen-bond acceptors (Lipinski definition) is 2. The molecule has 0 aromatic heterocycles. The number of carboxylic acid groups (broad SMARTS) is 1. The molecule has 0 radical (unpaired) electrons. The average molecular weight is 231 g/mol. The maximum absolute atomic E-state index is 10.5. The van der Waals surface area contributed by atoms with E-state index in [0.717, 1.165) is 24.2 Å². The van der Waals surface area contributed by atoms with E-state index >= 15 is 0 Å². The van der Waals surface area contributed by atoms with Gasteiger partial charge in [0.1, 0.15) is 0 Å². The van der Waals surface area contributed by atoms with Crippen molar-refractivity contribution in [1.29, 1.82) is 0 Å². The Morgan fingerprint density at radius 2 is 2.06 bits per heavy atom. The van der Waals surface area contributed by atoms with Gasteiger partial charge in [-0.05, 0) is 49.1 Å². The molecule has 0 unspecified atom stereocenters. The Labute approximate surface area is 101 Å². The zero-order valence-electron chi connectivity index (χ0n) is 10.0. The second-order valence-electron chi connectivity index (χ2n) is 4.41. The highest BCUT2D eigenvalue weighted by molar-refractivity contribution is 5.85. The van der Waals surface area contributed by atoms with Crippen molar-refractivity contribution in [3.05, 3.63) is 35.4 Å². The predicted molar refractivity (Wildman–Crippen MR) is 69.3 cm³/mol. The first kappa shape index (κ1) is 11.7. The topological polar surface area (TPSA) is 40.5 Å². The normalized spacial score (nSPS) is 15.7. The van der Waals surface area contributed by atoms with Gasteiger partial charge in [-0.1, -0.05) is 6.07 Å². The van der Waals surface area contributed by atoms with Gasteiger partial charge in [-0.3, -0.25) is 0 Å². The first-order valence-corrected chi connectivity index (χ1v) is 5.93. The zero-order valence-corrected chi connectivity index (χ0v) is 10.0. The standard InChI is InChI=1S/C14H17NO2/c1-11-10-13(15-8-2-3-9-15)6-4-12(11)5-7-14(16)17/h4-7,10H,2-3,8-9H2,1H3,(H,16,17). The summed E-state index contributed by atoms with van der Waals surface area (Å²) in [5, 5.41) is 8.60. The smallest absolute Gasteiger partial charge is 0.328 e. The summed E-state index contributed by atoms with van der Waals surface area (Å²) in [7, 11) is 0. The summed E-state index contributed by atoms with van der Waals surface area (Å²) in [6.45, 7) is 4.27. The number of anilines is 1. The van der Waals surface area contributed by atoms with Crippen molar-refractivity contribution in [2.24, 2.45) is 0 Å². The molecule has 0 aliphatic carbocycles. The molecule has 1 aromatic carbocycles. The van der Waals surface area contributed by atoms with E-state index in [0.29, 0.717) is 0 Å². The third-order valence-electron chi connectivity index (χ3n) is 3.13. The lowest BCUT2D eigenvalue weighted by Gasteiger charge is -2.18. The molecule has 1 heterocycles. The van der Waals surface area contributed by atoms with Crippen molar-refractivity contribution < 1.29 is 9.90 Å². The highest BCUT2D eigenvalue weighted by Gasteiger charge is 2.12. The molecule has 0 atom stereocenters. The Hall–Kier alpha value is -1.77. The van der Waals surface area contributed by atoms with Crippen LogP contribution in [0.25, 0.3) is 6.08 Å². The van der Waals surface area contributed by atoms with Crippen molar-refractivity contribution in [1.82, 2.24) is 0 Å². The maximum atomic E-state index is 10.5. The van der Waals surface area contributed by atoms with Crippen molar-refractivity contribution in [2.75, 3.05) is 18.0 Å². The summed E-state index contributed by atoms with van der Waals surface area (Å²) in [5.74, 6) is -0.909. The lowest BCUT2D eigenvalue weighted by Crippen LogP contribution is -2.17. The van der Waals surface area contributed by atoms with Gasteiger partial charge in [0.15, 0.2) is 0 Å². The Morgan fingerprint density at radius 1 is 1.35 bits per heavy atom. The number of aliphatic carboxylic acids is 1. The van der Waals surface area contributed by atoms with Gasteiger partial charge >= 0.3 is 5.97 Å². The number of carboxylic acids is 1. The van der Waals surface area contributed by atoms with Crippen LogP contribution < -0.4 is 4.90 Å². The summed E-state index contributed by atoms with van der Waals surface area (Å²) in [6.07, 6.45) is 5.35. The van der Waals surface area contributed by atoms with E-state index in [-0.39, 0.29) is 0 Å². The van der Waals surface area contributed by atoms with Gasteiger partial charge < -0.3 is 10.0 Å². The fraction of sp³-hybridized carbons (Fsp3) is 0.357. The van der Waals surface area contributed by atoms with Gasteiger partial charge in [0.25, 0.3) is 0 Å². The van der Waals surface area contributed by atoms with Crippen LogP contribution in [0.2, 0.25) is 0 Å². The van der Waals surface area contributed by atoms with Crippen LogP contribution in [0.3, 0.4) is 0 Å². The van der Waals surface area contributed by atoms with Crippen LogP contribution in [0.1, 0.15) is 24.0 Å². The second-order valence-corrected chi connectivity index (χ2v) is 4.41. The molecule has 0 saturated carbocycles. The number of benzene rings is 1. The lowest BCUT2D eigenvalue weighted by atomic mass is 10.1. The molecule has 1 aliphatic rings. The number of rotatable bonds is 3. The monoisotopic (exact) mass is 231 g/mol. The van der Waals surface area contributed by atoms with Gasteiger partial charge in [-0.25, -0.2) is 4.79 Å². The molecule has 2 rings (SSSR count). The molecular weight excluding hydrogens is 214 g/mol. The van der Waals surface area contributed by atoms with E-state index in [4.69, 9.17) is 5.11 Å². The molecule has 0 bridgehead atoms. The molecular formula is C14H17NO2. The third kappa shape index (κ3) is 2.87. The van der Waals surface area contributed by atoms with Gasteiger partial charge in [0, 0.05) is 24.9 Å². The Kier molecular flexibility index (Phi) is 3.47. The number of nitrogens with zero attached hydrogens (tertiary/aromatic N) is 1. The molecule has 0 amide bonds. The van der Waals surface area contributed by atoms with Crippen molar-refractivity contribution in [3.8, 4) is 0 Å². The summed E-state index contributed by atoms with van der Waals surface area (Å²) >= 11 is 0. The minimum atomic E-state index is -0.909. The summed E-state index contributed by atoms with van der Waals surface area (Å²) in [5.41, 5.74) is 3.33. The Morgan fingerprint density at radius 3 is 2.65 bits per heavy atom. The highest BCUT2D eigenvalue weighted by atomic mass is 16.4. The zero-order chi connectivity index (χ0) is 12.3. The number of carbonyl (C=O) groups is 1. The minimum Gasteiger partial charge on any atom is -0.478 e. The van der Waals surface area contributed by atoms with Crippen LogP contribution in [0.5, 0.6) is 0 Å². The first-order valence-electron chi connectivity index (χ1n) is 5.93. The second kappa shape index (κ2) is 5.04. The third-order valence-corrected chi connectivity index (χ3v) is 3.13. The van der Waals surface area contributed by atoms with Gasteiger partial charge in [-0.15, -0.1) is 0 Å². The molecule has 3 nitrogen and oxygen atoms in total. The maximum Gasteiger partial charge on any atom is 0.328 e. The van der Waals surface area contributed by atoms with Gasteiger partial charge in [0.2, 0.25) is 0 Å². The fourth-order valence-corrected chi connectivity index (χ4v) is 2.18. The number of hydrogen-bond donors (Lipinski definition) is 1. The summed E-state index contributed by atoms with van der Waals surface area (Å²) in [4.78, 5) is 12.8. The van der Waals surface area contributed by atoms with Crippen LogP contribution in [0.15, 0.2) is 24.3 Å². The Balaban J connectivity index is 2.19. The minimum absolute atomic E-state index is 0.909. The van der Waals surface area contributed by atoms with E-state index in [1.807, 2.05) is 13.0 Å². The Bertz CT molecular complexity index is 446. The molecule has 90 valence electrons. The van der Waals surface area contributed by atoms with Crippen LogP contribution in [-0.2, 0) is 4.79 Å². The SMILES string of the molecule is Cc1cc(N2CCCC2)ccc1C=CC(=O)O. The van der Waals surface area contributed by atoms with Crippen molar-refractivity contribution >= 4 is 17.7 Å².